The minimum atomic E-state index is -0.667. The fourth-order valence-electron chi connectivity index (χ4n) is 2.06. The van der Waals surface area contributed by atoms with Gasteiger partial charge in [0.05, 0.1) is 5.54 Å². The molecule has 0 aliphatic heterocycles. The molecule has 2 aromatic rings. The molecule has 1 amide bonds. The number of amides is 1. The summed E-state index contributed by atoms with van der Waals surface area (Å²) in [6, 6.07) is 7.57. The number of benzene rings is 1. The third kappa shape index (κ3) is 2.30. The van der Waals surface area contributed by atoms with Crippen molar-refractivity contribution in [1.82, 2.24) is 14.8 Å². The van der Waals surface area contributed by atoms with E-state index in [1.165, 1.54) is 0 Å². The molecule has 1 saturated carbocycles. The smallest absolute Gasteiger partial charge is 0.244 e. The van der Waals surface area contributed by atoms with E-state index in [-0.39, 0.29) is 5.91 Å². The third-order valence-electron chi connectivity index (χ3n) is 3.58. The van der Waals surface area contributed by atoms with Crippen molar-refractivity contribution >= 4 is 11.6 Å². The Morgan fingerprint density at radius 3 is 3.00 bits per heavy atom. The first-order valence-electron chi connectivity index (χ1n) is 6.71. The standard InChI is InChI=1S/C14H17N5O/c1-2-19-9-16-18-12(19)10-4-3-5-11(8-10)17-13(20)14(15)6-7-14/h3-5,8-9H,2,6-7,15H2,1H3,(H,17,20). The van der Waals surface area contributed by atoms with E-state index in [1.807, 2.05) is 35.8 Å². The lowest BCUT2D eigenvalue weighted by Crippen LogP contribution is -2.37. The van der Waals surface area contributed by atoms with Crippen LogP contribution >= 0.6 is 0 Å². The molecule has 0 bridgehead atoms. The first-order valence-corrected chi connectivity index (χ1v) is 6.71. The molecule has 0 saturated heterocycles. The number of hydrogen-bond donors (Lipinski definition) is 2. The van der Waals surface area contributed by atoms with E-state index >= 15 is 0 Å². The van der Waals surface area contributed by atoms with Crippen molar-refractivity contribution in [3.05, 3.63) is 30.6 Å². The Morgan fingerprint density at radius 2 is 2.30 bits per heavy atom. The number of hydrogen-bond acceptors (Lipinski definition) is 4. The van der Waals surface area contributed by atoms with Crippen molar-refractivity contribution in [3.63, 3.8) is 0 Å². The van der Waals surface area contributed by atoms with Crippen molar-refractivity contribution < 1.29 is 4.79 Å². The van der Waals surface area contributed by atoms with E-state index in [0.717, 1.165) is 36.5 Å². The lowest BCUT2D eigenvalue weighted by atomic mass is 10.1. The average molecular weight is 271 g/mol. The van der Waals surface area contributed by atoms with Crippen LogP contribution in [0.3, 0.4) is 0 Å². The van der Waals surface area contributed by atoms with Crippen molar-refractivity contribution in [2.24, 2.45) is 5.73 Å². The summed E-state index contributed by atoms with van der Waals surface area (Å²) in [5.74, 6) is 0.670. The Kier molecular flexibility index (Phi) is 3.02. The summed E-state index contributed by atoms with van der Waals surface area (Å²) in [5.41, 5.74) is 6.86. The van der Waals surface area contributed by atoms with Crippen LogP contribution in [0.2, 0.25) is 0 Å². The predicted octanol–water partition coefficient (Wildman–Crippen LogP) is 1.39. The number of nitrogens with zero attached hydrogens (tertiary/aromatic N) is 3. The number of nitrogens with one attached hydrogen (secondary N) is 1. The number of aryl methyl sites for hydroxylation is 1. The van der Waals surface area contributed by atoms with E-state index in [1.54, 1.807) is 6.33 Å². The van der Waals surface area contributed by atoms with Crippen LogP contribution in [-0.2, 0) is 11.3 Å². The Balaban J connectivity index is 1.84. The van der Waals surface area contributed by atoms with Crippen molar-refractivity contribution in [2.45, 2.75) is 31.8 Å². The van der Waals surface area contributed by atoms with Crippen molar-refractivity contribution in [3.8, 4) is 11.4 Å². The minimum absolute atomic E-state index is 0.119. The molecule has 1 aromatic carbocycles. The van der Waals surface area contributed by atoms with Crippen LogP contribution in [0.15, 0.2) is 30.6 Å². The van der Waals surface area contributed by atoms with Gasteiger partial charge in [0.25, 0.3) is 0 Å². The second kappa shape index (κ2) is 4.72. The first kappa shape index (κ1) is 12.8. The number of anilines is 1. The van der Waals surface area contributed by atoms with Gasteiger partial charge in [-0.1, -0.05) is 12.1 Å². The number of nitrogens with two attached hydrogens (primary N) is 1. The van der Waals surface area contributed by atoms with Crippen LogP contribution in [0.5, 0.6) is 0 Å². The molecular formula is C14H17N5O. The Morgan fingerprint density at radius 1 is 1.50 bits per heavy atom. The largest absolute Gasteiger partial charge is 0.324 e. The summed E-state index contributed by atoms with van der Waals surface area (Å²) in [5, 5.41) is 10.9. The van der Waals surface area contributed by atoms with E-state index in [4.69, 9.17) is 5.73 Å². The molecule has 6 heteroatoms. The highest BCUT2D eigenvalue weighted by Crippen LogP contribution is 2.33. The summed E-state index contributed by atoms with van der Waals surface area (Å²) in [4.78, 5) is 11.9. The molecule has 1 aliphatic carbocycles. The van der Waals surface area contributed by atoms with Crippen molar-refractivity contribution in [1.29, 1.82) is 0 Å². The molecule has 1 heterocycles. The molecular weight excluding hydrogens is 254 g/mol. The van der Waals surface area contributed by atoms with Crippen LogP contribution in [0.1, 0.15) is 19.8 Å². The molecule has 104 valence electrons. The predicted molar refractivity (Wildman–Crippen MR) is 75.9 cm³/mol. The van der Waals surface area contributed by atoms with Gasteiger partial charge < -0.3 is 15.6 Å². The molecule has 6 nitrogen and oxygen atoms in total. The molecule has 0 unspecified atom stereocenters. The maximum Gasteiger partial charge on any atom is 0.244 e. The second-order valence-corrected chi connectivity index (χ2v) is 5.13. The zero-order chi connectivity index (χ0) is 14.2. The molecule has 1 aromatic heterocycles. The monoisotopic (exact) mass is 271 g/mol. The van der Waals surface area contributed by atoms with Gasteiger partial charge in [-0.05, 0) is 31.9 Å². The fourth-order valence-corrected chi connectivity index (χ4v) is 2.06. The quantitative estimate of drug-likeness (QED) is 0.880. The lowest BCUT2D eigenvalue weighted by Gasteiger charge is -2.11. The summed E-state index contributed by atoms with van der Waals surface area (Å²) in [6.07, 6.45) is 3.20. The summed E-state index contributed by atoms with van der Waals surface area (Å²) >= 11 is 0. The zero-order valence-electron chi connectivity index (χ0n) is 11.3. The molecule has 0 radical (unpaired) electrons. The number of aromatic nitrogens is 3. The molecule has 3 rings (SSSR count). The van der Waals surface area contributed by atoms with Crippen LogP contribution in [-0.4, -0.2) is 26.2 Å². The molecule has 1 fully saturated rings. The van der Waals surface area contributed by atoms with Gasteiger partial charge in [0.1, 0.15) is 6.33 Å². The van der Waals surface area contributed by atoms with E-state index in [0.29, 0.717) is 0 Å². The highest BCUT2D eigenvalue weighted by molar-refractivity contribution is 6.00. The first-order chi connectivity index (χ1) is 9.62. The van der Waals surface area contributed by atoms with Gasteiger partial charge in [-0.15, -0.1) is 10.2 Å². The highest BCUT2D eigenvalue weighted by Gasteiger charge is 2.45. The number of rotatable bonds is 4. The highest BCUT2D eigenvalue weighted by atomic mass is 16.2. The van der Waals surface area contributed by atoms with E-state index in [9.17, 15) is 4.79 Å². The second-order valence-electron chi connectivity index (χ2n) is 5.13. The molecule has 20 heavy (non-hydrogen) atoms. The number of carbonyl (C=O) groups is 1. The normalized spacial score (nSPS) is 15.9. The van der Waals surface area contributed by atoms with Gasteiger partial charge in [-0.3, -0.25) is 4.79 Å². The van der Waals surface area contributed by atoms with Crippen LogP contribution < -0.4 is 11.1 Å². The van der Waals surface area contributed by atoms with E-state index in [2.05, 4.69) is 15.5 Å². The Bertz CT molecular complexity index is 645. The maximum absolute atomic E-state index is 11.9. The molecule has 0 spiro atoms. The molecule has 0 atom stereocenters. The van der Waals surface area contributed by atoms with Gasteiger partial charge in [-0.25, -0.2) is 0 Å². The van der Waals surface area contributed by atoms with Gasteiger partial charge in [0, 0.05) is 17.8 Å². The topological polar surface area (TPSA) is 85.8 Å². The summed E-state index contributed by atoms with van der Waals surface area (Å²) in [7, 11) is 0. The SMILES string of the molecule is CCn1cnnc1-c1cccc(NC(=O)C2(N)CC2)c1. The Hall–Kier alpha value is -2.21. The zero-order valence-corrected chi connectivity index (χ0v) is 11.3. The molecule has 3 N–H and O–H groups in total. The van der Waals surface area contributed by atoms with Crippen LogP contribution in [0, 0.1) is 0 Å². The third-order valence-corrected chi connectivity index (χ3v) is 3.58. The van der Waals surface area contributed by atoms with Gasteiger partial charge in [-0.2, -0.15) is 0 Å². The fraction of sp³-hybridized carbons (Fsp3) is 0.357. The van der Waals surface area contributed by atoms with E-state index < -0.39 is 5.54 Å². The average Bonchev–Trinajstić information content (AvgIpc) is 3.04. The van der Waals surface area contributed by atoms with Crippen LogP contribution in [0.4, 0.5) is 5.69 Å². The van der Waals surface area contributed by atoms with Gasteiger partial charge >= 0.3 is 0 Å². The van der Waals surface area contributed by atoms with Gasteiger partial charge in [0.2, 0.25) is 5.91 Å². The van der Waals surface area contributed by atoms with Gasteiger partial charge in [0.15, 0.2) is 5.82 Å². The van der Waals surface area contributed by atoms with Crippen molar-refractivity contribution in [2.75, 3.05) is 5.32 Å². The summed E-state index contributed by atoms with van der Waals surface area (Å²) < 4.78 is 1.95. The van der Waals surface area contributed by atoms with Crippen LogP contribution in [0.25, 0.3) is 11.4 Å². The lowest BCUT2D eigenvalue weighted by molar-refractivity contribution is -0.118. The Labute approximate surface area is 117 Å². The molecule has 1 aliphatic rings. The minimum Gasteiger partial charge on any atom is -0.324 e. The summed E-state index contributed by atoms with van der Waals surface area (Å²) in [6.45, 7) is 2.83. The maximum atomic E-state index is 11.9. The number of carbonyl (C=O) groups excluding carboxylic acids is 1.